The molecule has 1 aromatic heterocycles. The van der Waals surface area contributed by atoms with E-state index in [4.69, 9.17) is 5.21 Å². The number of aromatic nitrogens is 1. The van der Waals surface area contributed by atoms with Crippen LogP contribution in [0, 0.1) is 0 Å². The molecule has 1 aliphatic rings. The molecule has 138 valence electrons. The van der Waals surface area contributed by atoms with Crippen LogP contribution < -0.4 is 10.2 Å². The van der Waals surface area contributed by atoms with Gasteiger partial charge in [0.1, 0.15) is 11.4 Å². The van der Waals surface area contributed by atoms with Gasteiger partial charge in [0.2, 0.25) is 0 Å². The number of rotatable bonds is 4. The van der Waals surface area contributed by atoms with Crippen molar-refractivity contribution in [2.45, 2.75) is 19.5 Å². The van der Waals surface area contributed by atoms with Gasteiger partial charge in [-0.25, -0.2) is 5.48 Å². The van der Waals surface area contributed by atoms with Gasteiger partial charge in [-0.15, -0.1) is 13.2 Å². The molecule has 2 N–H and O–H groups in total. The monoisotopic (exact) mass is 369 g/mol. The molecular weight excluding hydrogens is 355 g/mol. The average molecular weight is 369 g/mol. The number of nitrogens with one attached hydrogen (secondary N) is 1. The first-order chi connectivity index (χ1) is 12.3. The van der Waals surface area contributed by atoms with E-state index in [0.29, 0.717) is 18.7 Å². The van der Waals surface area contributed by atoms with Gasteiger partial charge in [-0.3, -0.25) is 14.8 Å². The maximum absolute atomic E-state index is 12.6. The van der Waals surface area contributed by atoms with E-state index in [-0.39, 0.29) is 29.5 Å². The second kappa shape index (κ2) is 6.71. The van der Waals surface area contributed by atoms with Crippen molar-refractivity contribution < 1.29 is 32.7 Å². The summed E-state index contributed by atoms with van der Waals surface area (Å²) >= 11 is 0. The first-order valence-corrected chi connectivity index (χ1v) is 7.55. The minimum absolute atomic E-state index is 0.0978. The second-order valence-electron chi connectivity index (χ2n) is 5.67. The van der Waals surface area contributed by atoms with Crippen molar-refractivity contribution in [3.8, 4) is 5.75 Å². The van der Waals surface area contributed by atoms with Gasteiger partial charge < -0.3 is 14.2 Å². The number of alkyl halides is 3. The number of hydrogen-bond acceptors (Lipinski definition) is 4. The van der Waals surface area contributed by atoms with E-state index in [1.165, 1.54) is 40.8 Å². The Hall–Kier alpha value is -3.01. The molecule has 0 radical (unpaired) electrons. The Balaban J connectivity index is 1.76. The number of hydrogen-bond donors (Lipinski definition) is 2. The van der Waals surface area contributed by atoms with Crippen LogP contribution in [0.3, 0.4) is 0 Å². The Bertz CT molecular complexity index is 848. The summed E-state index contributed by atoms with van der Waals surface area (Å²) in [6, 6.07) is 6.76. The predicted octanol–water partition coefficient (Wildman–Crippen LogP) is 2.16. The lowest BCUT2D eigenvalue weighted by Crippen LogP contribution is -2.39. The number of hydroxylamine groups is 1. The summed E-state index contributed by atoms with van der Waals surface area (Å²) < 4.78 is 42.4. The van der Waals surface area contributed by atoms with Crippen LogP contribution in [0.5, 0.6) is 5.75 Å². The lowest BCUT2D eigenvalue weighted by atomic mass is 10.1. The summed E-state index contributed by atoms with van der Waals surface area (Å²) in [5, 5.41) is 8.67. The Morgan fingerprint density at radius 1 is 1.27 bits per heavy atom. The summed E-state index contributed by atoms with van der Waals surface area (Å²) in [5.41, 5.74) is 2.38. The maximum atomic E-state index is 12.6. The van der Waals surface area contributed by atoms with Crippen molar-refractivity contribution in [1.82, 2.24) is 14.9 Å². The van der Waals surface area contributed by atoms with E-state index < -0.39 is 12.3 Å². The minimum atomic E-state index is -4.79. The Kier molecular flexibility index (Phi) is 4.60. The molecule has 3 rings (SSSR count). The van der Waals surface area contributed by atoms with Gasteiger partial charge in [0.25, 0.3) is 11.8 Å². The molecule has 0 aliphatic carbocycles. The van der Waals surface area contributed by atoms with Crippen molar-refractivity contribution in [2.24, 2.45) is 0 Å². The Morgan fingerprint density at radius 2 is 2.04 bits per heavy atom. The SMILES string of the molecule is O=C(NO)c1cc2n(c1)CCN(Cc1cccc(OC(F)(F)F)c1)C2=O. The van der Waals surface area contributed by atoms with E-state index in [1.807, 2.05) is 0 Å². The summed E-state index contributed by atoms with van der Waals surface area (Å²) in [6.07, 6.45) is -3.34. The summed E-state index contributed by atoms with van der Waals surface area (Å²) in [7, 11) is 0. The minimum Gasteiger partial charge on any atom is -0.406 e. The van der Waals surface area contributed by atoms with Crippen LogP contribution >= 0.6 is 0 Å². The molecule has 0 atom stereocenters. The summed E-state index contributed by atoms with van der Waals surface area (Å²) in [6.45, 7) is 0.837. The molecule has 1 aliphatic heterocycles. The Labute approximate surface area is 145 Å². The number of fused-ring (bicyclic) bond motifs is 1. The number of halogens is 3. The molecule has 0 saturated heterocycles. The van der Waals surface area contributed by atoms with E-state index in [9.17, 15) is 22.8 Å². The van der Waals surface area contributed by atoms with E-state index in [1.54, 1.807) is 10.6 Å². The van der Waals surface area contributed by atoms with Crippen molar-refractivity contribution >= 4 is 11.8 Å². The van der Waals surface area contributed by atoms with E-state index in [0.717, 1.165) is 0 Å². The smallest absolute Gasteiger partial charge is 0.406 e. The predicted molar refractivity (Wildman–Crippen MR) is 81.6 cm³/mol. The van der Waals surface area contributed by atoms with Crippen molar-refractivity contribution in [3.63, 3.8) is 0 Å². The van der Waals surface area contributed by atoms with Crippen LogP contribution in [-0.4, -0.2) is 39.4 Å². The average Bonchev–Trinajstić information content (AvgIpc) is 3.00. The fourth-order valence-electron chi connectivity index (χ4n) is 2.77. The Morgan fingerprint density at radius 3 is 2.73 bits per heavy atom. The van der Waals surface area contributed by atoms with Gasteiger partial charge in [-0.1, -0.05) is 12.1 Å². The van der Waals surface area contributed by atoms with E-state index >= 15 is 0 Å². The van der Waals surface area contributed by atoms with Crippen LogP contribution in [0.25, 0.3) is 0 Å². The van der Waals surface area contributed by atoms with E-state index in [2.05, 4.69) is 4.74 Å². The van der Waals surface area contributed by atoms with Gasteiger partial charge in [0.15, 0.2) is 0 Å². The van der Waals surface area contributed by atoms with Crippen molar-refractivity contribution in [1.29, 1.82) is 0 Å². The quantitative estimate of drug-likeness (QED) is 0.639. The van der Waals surface area contributed by atoms with Gasteiger partial charge in [0.05, 0.1) is 5.56 Å². The fourth-order valence-corrected chi connectivity index (χ4v) is 2.77. The number of nitrogens with zero attached hydrogens (tertiary/aromatic N) is 2. The molecule has 7 nitrogen and oxygen atoms in total. The fraction of sp³-hybridized carbons (Fsp3) is 0.250. The second-order valence-corrected chi connectivity index (χ2v) is 5.67. The number of benzene rings is 1. The lowest BCUT2D eigenvalue weighted by Gasteiger charge is -2.28. The van der Waals surface area contributed by atoms with Gasteiger partial charge in [-0.2, -0.15) is 0 Å². The first kappa shape index (κ1) is 17.8. The number of ether oxygens (including phenoxy) is 1. The van der Waals surface area contributed by atoms with Crippen LogP contribution in [0.1, 0.15) is 26.4 Å². The molecule has 0 fully saturated rings. The third-order valence-corrected chi connectivity index (χ3v) is 3.88. The van der Waals surface area contributed by atoms with Crippen LogP contribution in [0.15, 0.2) is 36.5 Å². The molecule has 0 unspecified atom stereocenters. The van der Waals surface area contributed by atoms with Crippen LogP contribution in [-0.2, 0) is 13.1 Å². The molecule has 26 heavy (non-hydrogen) atoms. The normalized spacial score (nSPS) is 14.2. The topological polar surface area (TPSA) is 83.8 Å². The summed E-state index contributed by atoms with van der Waals surface area (Å²) in [4.78, 5) is 25.5. The van der Waals surface area contributed by atoms with Gasteiger partial charge in [-0.05, 0) is 23.8 Å². The van der Waals surface area contributed by atoms with Gasteiger partial charge in [0, 0.05) is 25.8 Å². The third kappa shape index (κ3) is 3.80. The highest BCUT2D eigenvalue weighted by Crippen LogP contribution is 2.25. The van der Waals surface area contributed by atoms with Crippen molar-refractivity contribution in [3.05, 3.63) is 53.3 Å². The van der Waals surface area contributed by atoms with Crippen LogP contribution in [0.4, 0.5) is 13.2 Å². The van der Waals surface area contributed by atoms with Gasteiger partial charge >= 0.3 is 6.36 Å². The molecule has 10 heteroatoms. The number of carbonyl (C=O) groups is 2. The largest absolute Gasteiger partial charge is 0.573 e. The zero-order valence-electron chi connectivity index (χ0n) is 13.3. The molecule has 2 heterocycles. The first-order valence-electron chi connectivity index (χ1n) is 7.55. The molecule has 0 bridgehead atoms. The van der Waals surface area contributed by atoms with Crippen molar-refractivity contribution in [2.75, 3.05) is 6.54 Å². The lowest BCUT2D eigenvalue weighted by molar-refractivity contribution is -0.274. The zero-order valence-corrected chi connectivity index (χ0v) is 13.3. The molecule has 0 saturated carbocycles. The summed E-state index contributed by atoms with van der Waals surface area (Å²) in [5.74, 6) is -1.46. The highest BCUT2D eigenvalue weighted by atomic mass is 19.4. The third-order valence-electron chi connectivity index (χ3n) is 3.88. The highest BCUT2D eigenvalue weighted by Gasteiger charge is 2.31. The molecule has 0 spiro atoms. The maximum Gasteiger partial charge on any atom is 0.573 e. The zero-order chi connectivity index (χ0) is 18.9. The molecular formula is C16H14F3N3O4. The standard InChI is InChI=1S/C16H14F3N3O4/c17-16(18,19)26-12-3-1-2-10(6-12)8-22-5-4-21-9-11(14(23)20-25)7-13(21)15(22)24/h1-3,6-7,9,25H,4-5,8H2,(H,20,23). The van der Waals surface area contributed by atoms with Crippen LogP contribution in [0.2, 0.25) is 0 Å². The molecule has 1 aromatic carbocycles. The number of carbonyl (C=O) groups excluding carboxylic acids is 2. The molecule has 2 aromatic rings. The number of amides is 2. The molecule has 2 amide bonds. The highest BCUT2D eigenvalue weighted by molar-refractivity contribution is 5.99.